The standard InChI is InChI=1S/C9H16N2O3/c1-2-14-9(12)8(10-13)11-6-4-3-5-7-11/h13H,2-7H2,1H3. The summed E-state index contributed by atoms with van der Waals surface area (Å²) in [7, 11) is 0. The first-order chi connectivity index (χ1) is 6.79. The molecule has 14 heavy (non-hydrogen) atoms. The summed E-state index contributed by atoms with van der Waals surface area (Å²) in [5, 5.41) is 11.7. The van der Waals surface area contributed by atoms with Gasteiger partial charge in [-0.05, 0) is 26.2 Å². The second-order valence-corrected chi connectivity index (χ2v) is 3.19. The van der Waals surface area contributed by atoms with Crippen LogP contribution in [-0.2, 0) is 9.53 Å². The highest BCUT2D eigenvalue weighted by Gasteiger charge is 2.22. The Bertz CT molecular complexity index is 222. The van der Waals surface area contributed by atoms with Gasteiger partial charge in [-0.25, -0.2) is 4.79 Å². The molecule has 0 saturated carbocycles. The second kappa shape index (κ2) is 5.47. The number of carbonyl (C=O) groups excluding carboxylic acids is 1. The minimum atomic E-state index is -0.545. The van der Waals surface area contributed by atoms with Crippen LogP contribution in [-0.4, -0.2) is 41.6 Å². The lowest BCUT2D eigenvalue weighted by Crippen LogP contribution is -2.41. The van der Waals surface area contributed by atoms with Crippen molar-refractivity contribution < 1.29 is 14.7 Å². The van der Waals surface area contributed by atoms with E-state index in [-0.39, 0.29) is 5.84 Å². The fourth-order valence-electron chi connectivity index (χ4n) is 1.53. The summed E-state index contributed by atoms with van der Waals surface area (Å²) >= 11 is 0. The van der Waals surface area contributed by atoms with Crippen molar-refractivity contribution >= 4 is 11.8 Å². The van der Waals surface area contributed by atoms with E-state index in [1.54, 1.807) is 11.8 Å². The molecule has 80 valence electrons. The number of hydrogen-bond acceptors (Lipinski definition) is 4. The highest BCUT2D eigenvalue weighted by molar-refractivity contribution is 6.35. The molecular weight excluding hydrogens is 184 g/mol. The monoisotopic (exact) mass is 200 g/mol. The van der Waals surface area contributed by atoms with E-state index < -0.39 is 5.97 Å². The van der Waals surface area contributed by atoms with Gasteiger partial charge in [-0.1, -0.05) is 5.16 Å². The second-order valence-electron chi connectivity index (χ2n) is 3.19. The zero-order valence-electron chi connectivity index (χ0n) is 8.40. The number of ether oxygens (including phenoxy) is 1. The Balaban J connectivity index is 2.56. The van der Waals surface area contributed by atoms with Gasteiger partial charge in [0.2, 0.25) is 0 Å². The van der Waals surface area contributed by atoms with E-state index >= 15 is 0 Å². The van der Waals surface area contributed by atoms with E-state index in [4.69, 9.17) is 9.94 Å². The lowest BCUT2D eigenvalue weighted by molar-refractivity contribution is -0.136. The van der Waals surface area contributed by atoms with Crippen molar-refractivity contribution in [1.29, 1.82) is 0 Å². The minimum absolute atomic E-state index is 0.0338. The summed E-state index contributed by atoms with van der Waals surface area (Å²) in [6.45, 7) is 3.55. The molecule has 1 saturated heterocycles. The van der Waals surface area contributed by atoms with Gasteiger partial charge in [0, 0.05) is 13.1 Å². The molecule has 1 fully saturated rings. The van der Waals surface area contributed by atoms with Gasteiger partial charge in [-0.3, -0.25) is 0 Å². The summed E-state index contributed by atoms with van der Waals surface area (Å²) in [4.78, 5) is 13.1. The quantitative estimate of drug-likeness (QED) is 0.224. The van der Waals surface area contributed by atoms with Crippen LogP contribution in [0.3, 0.4) is 0 Å². The van der Waals surface area contributed by atoms with Crippen LogP contribution < -0.4 is 0 Å². The van der Waals surface area contributed by atoms with E-state index in [0.717, 1.165) is 32.4 Å². The fourth-order valence-corrected chi connectivity index (χ4v) is 1.53. The first kappa shape index (κ1) is 10.8. The average Bonchev–Trinajstić information content (AvgIpc) is 2.21. The number of carbonyl (C=O) groups is 1. The zero-order chi connectivity index (χ0) is 10.4. The summed E-state index contributed by atoms with van der Waals surface area (Å²) in [6.07, 6.45) is 3.22. The molecule has 0 aliphatic carbocycles. The molecule has 1 heterocycles. The zero-order valence-corrected chi connectivity index (χ0v) is 8.40. The summed E-state index contributed by atoms with van der Waals surface area (Å²) in [5.74, 6) is -0.511. The Labute approximate surface area is 83.3 Å². The van der Waals surface area contributed by atoms with Gasteiger partial charge in [-0.15, -0.1) is 0 Å². The highest BCUT2D eigenvalue weighted by atomic mass is 16.5. The number of esters is 1. The molecule has 0 aromatic carbocycles. The lowest BCUT2D eigenvalue weighted by atomic mass is 10.1. The van der Waals surface area contributed by atoms with Crippen molar-refractivity contribution in [2.24, 2.45) is 5.16 Å². The van der Waals surface area contributed by atoms with Crippen LogP contribution in [0.2, 0.25) is 0 Å². The van der Waals surface area contributed by atoms with Gasteiger partial charge in [0.25, 0.3) is 5.84 Å². The van der Waals surface area contributed by atoms with Crippen molar-refractivity contribution in [3.05, 3.63) is 0 Å². The molecule has 1 aliphatic heterocycles. The van der Waals surface area contributed by atoms with Crippen molar-refractivity contribution in [2.45, 2.75) is 26.2 Å². The van der Waals surface area contributed by atoms with Gasteiger partial charge in [0.05, 0.1) is 6.61 Å². The number of oxime groups is 1. The first-order valence-corrected chi connectivity index (χ1v) is 4.93. The summed E-state index contributed by atoms with van der Waals surface area (Å²) < 4.78 is 4.78. The molecule has 0 aromatic heterocycles. The predicted octanol–water partition coefficient (Wildman–Crippen LogP) is 0.823. The van der Waals surface area contributed by atoms with Gasteiger partial charge < -0.3 is 14.8 Å². The Morgan fingerprint density at radius 2 is 2.07 bits per heavy atom. The minimum Gasteiger partial charge on any atom is -0.460 e. The lowest BCUT2D eigenvalue weighted by Gasteiger charge is -2.27. The maximum atomic E-state index is 11.3. The molecule has 0 radical (unpaired) electrons. The van der Waals surface area contributed by atoms with E-state index in [9.17, 15) is 4.79 Å². The predicted molar refractivity (Wildman–Crippen MR) is 51.3 cm³/mol. The van der Waals surface area contributed by atoms with E-state index in [1.165, 1.54) is 0 Å². The molecule has 1 aliphatic rings. The van der Waals surface area contributed by atoms with E-state index in [1.807, 2.05) is 0 Å². The molecular formula is C9H16N2O3. The first-order valence-electron chi connectivity index (χ1n) is 4.93. The van der Waals surface area contributed by atoms with Crippen LogP contribution in [0.5, 0.6) is 0 Å². The van der Waals surface area contributed by atoms with Crippen molar-refractivity contribution in [3.63, 3.8) is 0 Å². The van der Waals surface area contributed by atoms with Crippen LogP contribution in [0, 0.1) is 0 Å². The summed E-state index contributed by atoms with van der Waals surface area (Å²) in [5.41, 5.74) is 0. The Morgan fingerprint density at radius 3 is 2.57 bits per heavy atom. The van der Waals surface area contributed by atoms with Crippen LogP contribution >= 0.6 is 0 Å². The number of nitrogens with zero attached hydrogens (tertiary/aromatic N) is 2. The van der Waals surface area contributed by atoms with Crippen LogP contribution in [0.25, 0.3) is 0 Å². The van der Waals surface area contributed by atoms with Crippen LogP contribution in [0.4, 0.5) is 0 Å². The molecule has 1 N–H and O–H groups in total. The Morgan fingerprint density at radius 1 is 1.43 bits per heavy atom. The van der Waals surface area contributed by atoms with E-state index in [2.05, 4.69) is 5.16 Å². The Hall–Kier alpha value is -1.26. The largest absolute Gasteiger partial charge is 0.460 e. The van der Waals surface area contributed by atoms with Gasteiger partial charge in [0.1, 0.15) is 0 Å². The van der Waals surface area contributed by atoms with Crippen molar-refractivity contribution in [1.82, 2.24) is 4.90 Å². The van der Waals surface area contributed by atoms with Crippen LogP contribution in [0.15, 0.2) is 5.16 Å². The average molecular weight is 200 g/mol. The normalized spacial score (nSPS) is 18.1. The van der Waals surface area contributed by atoms with E-state index in [0.29, 0.717) is 6.61 Å². The van der Waals surface area contributed by atoms with Crippen molar-refractivity contribution in [2.75, 3.05) is 19.7 Å². The molecule has 0 spiro atoms. The third-order valence-corrected chi connectivity index (χ3v) is 2.21. The summed E-state index contributed by atoms with van der Waals surface area (Å²) in [6, 6.07) is 0. The number of likely N-dealkylation sites (tertiary alicyclic amines) is 1. The molecule has 5 heteroatoms. The number of piperidine rings is 1. The maximum absolute atomic E-state index is 11.3. The number of hydrogen-bond donors (Lipinski definition) is 1. The van der Waals surface area contributed by atoms with Gasteiger partial charge >= 0.3 is 5.97 Å². The molecule has 0 unspecified atom stereocenters. The van der Waals surface area contributed by atoms with Gasteiger partial charge in [-0.2, -0.15) is 0 Å². The molecule has 0 bridgehead atoms. The van der Waals surface area contributed by atoms with Crippen molar-refractivity contribution in [3.8, 4) is 0 Å². The van der Waals surface area contributed by atoms with Crippen LogP contribution in [0.1, 0.15) is 26.2 Å². The molecule has 0 aromatic rings. The topological polar surface area (TPSA) is 62.1 Å². The molecule has 5 nitrogen and oxygen atoms in total. The Kier molecular flexibility index (Phi) is 4.22. The smallest absolute Gasteiger partial charge is 0.377 e. The molecule has 0 amide bonds. The maximum Gasteiger partial charge on any atom is 0.377 e. The number of amidine groups is 1. The SMILES string of the molecule is CCOC(=O)C(=NO)N1CCCCC1. The highest BCUT2D eigenvalue weighted by Crippen LogP contribution is 2.09. The fraction of sp³-hybridized carbons (Fsp3) is 0.778. The molecule has 0 atom stereocenters. The third kappa shape index (κ3) is 2.61. The molecule has 1 rings (SSSR count). The third-order valence-electron chi connectivity index (χ3n) is 2.21. The number of rotatable bonds is 1. The van der Waals surface area contributed by atoms with Gasteiger partial charge in [0.15, 0.2) is 0 Å².